The Hall–Kier alpha value is -0.990. The Kier molecular flexibility index (Phi) is 4.46. The highest BCUT2D eigenvalue weighted by Gasteiger charge is 2.35. The minimum atomic E-state index is -3.92. The van der Waals surface area contributed by atoms with Gasteiger partial charge in [-0.25, -0.2) is 17.5 Å². The van der Waals surface area contributed by atoms with E-state index in [1.54, 1.807) is 0 Å². The lowest BCUT2D eigenvalue weighted by Crippen LogP contribution is -2.38. The van der Waals surface area contributed by atoms with Gasteiger partial charge in [0.2, 0.25) is 10.0 Å². The molecule has 110 valence electrons. The van der Waals surface area contributed by atoms with E-state index in [1.807, 2.05) is 0 Å². The van der Waals surface area contributed by atoms with Gasteiger partial charge in [0.25, 0.3) is 0 Å². The smallest absolute Gasteiger partial charge is 0.304 e. The standard InChI is InChI=1S/C12H13BrFNO4S/c13-9-4-3-8(5-10(9)14)20(18,19)15-11(6-12(16)17)7-1-2-7/h3-5,7,11,15H,1-2,6H2,(H,16,17). The first-order valence-electron chi connectivity index (χ1n) is 5.99. The van der Waals surface area contributed by atoms with Crippen LogP contribution in [0.15, 0.2) is 27.6 Å². The van der Waals surface area contributed by atoms with Gasteiger partial charge in [0, 0.05) is 6.04 Å². The summed E-state index contributed by atoms with van der Waals surface area (Å²) in [5.74, 6) is -1.71. The molecule has 0 heterocycles. The second-order valence-corrected chi connectivity index (χ2v) is 7.31. The topological polar surface area (TPSA) is 83.5 Å². The number of hydrogen-bond donors (Lipinski definition) is 2. The summed E-state index contributed by atoms with van der Waals surface area (Å²) in [6, 6.07) is 2.81. The fourth-order valence-corrected chi connectivity index (χ4v) is 3.47. The molecule has 1 aliphatic carbocycles. The van der Waals surface area contributed by atoms with Crippen molar-refractivity contribution in [1.29, 1.82) is 0 Å². The van der Waals surface area contributed by atoms with E-state index in [9.17, 15) is 17.6 Å². The molecular formula is C12H13BrFNO4S. The Morgan fingerprint density at radius 2 is 2.15 bits per heavy atom. The van der Waals surface area contributed by atoms with Crippen molar-refractivity contribution in [3.63, 3.8) is 0 Å². The molecule has 8 heteroatoms. The minimum Gasteiger partial charge on any atom is -0.481 e. The molecule has 5 nitrogen and oxygen atoms in total. The van der Waals surface area contributed by atoms with Gasteiger partial charge in [-0.1, -0.05) is 0 Å². The van der Waals surface area contributed by atoms with Crippen LogP contribution in [0.3, 0.4) is 0 Å². The summed E-state index contributed by atoms with van der Waals surface area (Å²) in [4.78, 5) is 10.5. The Labute approximate surface area is 124 Å². The van der Waals surface area contributed by atoms with Crippen molar-refractivity contribution in [1.82, 2.24) is 4.72 Å². The van der Waals surface area contributed by atoms with Crippen molar-refractivity contribution >= 4 is 31.9 Å². The third-order valence-corrected chi connectivity index (χ3v) is 5.22. The first-order chi connectivity index (χ1) is 9.29. The first kappa shape index (κ1) is 15.4. The molecular weight excluding hydrogens is 353 g/mol. The Morgan fingerprint density at radius 3 is 2.65 bits per heavy atom. The fraction of sp³-hybridized carbons (Fsp3) is 0.417. The third kappa shape index (κ3) is 3.77. The molecule has 0 aliphatic heterocycles. The van der Waals surface area contributed by atoms with Crippen molar-refractivity contribution in [2.24, 2.45) is 5.92 Å². The molecule has 1 unspecified atom stereocenters. The maximum absolute atomic E-state index is 13.4. The zero-order valence-corrected chi connectivity index (χ0v) is 12.7. The van der Waals surface area contributed by atoms with Gasteiger partial charge in [-0.05, 0) is 52.9 Å². The summed E-state index contributed by atoms with van der Waals surface area (Å²) in [5.41, 5.74) is 0. The van der Waals surface area contributed by atoms with Crippen LogP contribution in [0.1, 0.15) is 19.3 Å². The number of rotatable bonds is 6. The Bertz CT molecular complexity index is 630. The van der Waals surface area contributed by atoms with E-state index in [2.05, 4.69) is 20.7 Å². The van der Waals surface area contributed by atoms with Crippen LogP contribution < -0.4 is 4.72 Å². The first-order valence-corrected chi connectivity index (χ1v) is 8.26. The quantitative estimate of drug-likeness (QED) is 0.808. The van der Waals surface area contributed by atoms with Gasteiger partial charge in [0.05, 0.1) is 15.8 Å². The molecule has 0 aromatic heterocycles. The molecule has 0 radical (unpaired) electrons. The van der Waals surface area contributed by atoms with Gasteiger partial charge < -0.3 is 5.11 Å². The van der Waals surface area contributed by atoms with Gasteiger partial charge in [-0.3, -0.25) is 4.79 Å². The second-order valence-electron chi connectivity index (χ2n) is 4.74. The average molecular weight is 366 g/mol. The summed E-state index contributed by atoms with van der Waals surface area (Å²) >= 11 is 2.94. The molecule has 0 saturated heterocycles. The van der Waals surface area contributed by atoms with Crippen LogP contribution in [0.25, 0.3) is 0 Å². The number of carbonyl (C=O) groups is 1. The normalized spacial score (nSPS) is 16.9. The largest absolute Gasteiger partial charge is 0.481 e. The van der Waals surface area contributed by atoms with E-state index in [0.29, 0.717) is 0 Å². The predicted octanol–water partition coefficient (Wildman–Crippen LogP) is 2.12. The second kappa shape index (κ2) is 5.79. The molecule has 2 N–H and O–H groups in total. The molecule has 1 aromatic rings. The Balaban J connectivity index is 2.20. The summed E-state index contributed by atoms with van der Waals surface area (Å²) in [6.45, 7) is 0. The van der Waals surface area contributed by atoms with E-state index >= 15 is 0 Å². The summed E-state index contributed by atoms with van der Waals surface area (Å²) in [5, 5.41) is 8.81. The average Bonchev–Trinajstić information content (AvgIpc) is 3.14. The zero-order chi connectivity index (χ0) is 14.9. The highest BCUT2D eigenvalue weighted by molar-refractivity contribution is 9.10. The molecule has 1 aromatic carbocycles. The molecule has 0 bridgehead atoms. The number of nitrogens with one attached hydrogen (secondary N) is 1. The molecule has 1 aliphatic rings. The fourth-order valence-electron chi connectivity index (χ4n) is 1.90. The molecule has 1 atom stereocenters. The van der Waals surface area contributed by atoms with Crippen molar-refractivity contribution in [2.75, 3.05) is 0 Å². The highest BCUT2D eigenvalue weighted by Crippen LogP contribution is 2.34. The highest BCUT2D eigenvalue weighted by atomic mass is 79.9. The lowest BCUT2D eigenvalue weighted by atomic mass is 10.1. The van der Waals surface area contributed by atoms with Gasteiger partial charge in [0.15, 0.2) is 0 Å². The van der Waals surface area contributed by atoms with E-state index in [1.165, 1.54) is 12.1 Å². The zero-order valence-electron chi connectivity index (χ0n) is 10.3. The summed E-state index contributed by atoms with van der Waals surface area (Å²) in [7, 11) is -3.92. The summed E-state index contributed by atoms with van der Waals surface area (Å²) in [6.07, 6.45) is 1.33. The van der Waals surface area contributed by atoms with Crippen LogP contribution in [-0.2, 0) is 14.8 Å². The van der Waals surface area contributed by atoms with Crippen LogP contribution in [0.5, 0.6) is 0 Å². The van der Waals surface area contributed by atoms with Crippen LogP contribution >= 0.6 is 15.9 Å². The Morgan fingerprint density at radius 1 is 1.50 bits per heavy atom. The van der Waals surface area contributed by atoms with E-state index < -0.39 is 27.9 Å². The molecule has 2 rings (SSSR count). The number of aliphatic carboxylic acids is 1. The van der Waals surface area contributed by atoms with Gasteiger partial charge in [-0.15, -0.1) is 0 Å². The van der Waals surface area contributed by atoms with Gasteiger partial charge in [-0.2, -0.15) is 0 Å². The van der Waals surface area contributed by atoms with Crippen molar-refractivity contribution in [3.8, 4) is 0 Å². The van der Waals surface area contributed by atoms with Crippen molar-refractivity contribution in [3.05, 3.63) is 28.5 Å². The summed E-state index contributed by atoms with van der Waals surface area (Å²) < 4.78 is 40.2. The van der Waals surface area contributed by atoms with E-state index in [-0.39, 0.29) is 21.7 Å². The van der Waals surface area contributed by atoms with Crippen molar-refractivity contribution < 1.29 is 22.7 Å². The third-order valence-electron chi connectivity index (χ3n) is 3.09. The molecule has 20 heavy (non-hydrogen) atoms. The monoisotopic (exact) mass is 365 g/mol. The molecule has 1 fully saturated rings. The number of carboxylic acid groups (broad SMARTS) is 1. The lowest BCUT2D eigenvalue weighted by molar-refractivity contribution is -0.137. The van der Waals surface area contributed by atoms with Gasteiger partial charge in [0.1, 0.15) is 5.82 Å². The molecule has 0 amide bonds. The maximum Gasteiger partial charge on any atom is 0.304 e. The number of benzene rings is 1. The van der Waals surface area contributed by atoms with Gasteiger partial charge >= 0.3 is 5.97 Å². The predicted molar refractivity (Wildman–Crippen MR) is 73.2 cm³/mol. The number of halogens is 2. The maximum atomic E-state index is 13.4. The molecule has 1 saturated carbocycles. The number of hydrogen-bond acceptors (Lipinski definition) is 3. The van der Waals surface area contributed by atoms with Crippen LogP contribution in [0.4, 0.5) is 4.39 Å². The number of carboxylic acids is 1. The van der Waals surface area contributed by atoms with Crippen LogP contribution in [-0.4, -0.2) is 25.5 Å². The minimum absolute atomic E-state index is 0.0428. The van der Waals surface area contributed by atoms with E-state index in [4.69, 9.17) is 5.11 Å². The SMILES string of the molecule is O=C(O)CC(NS(=O)(=O)c1ccc(Br)c(F)c1)C1CC1. The lowest BCUT2D eigenvalue weighted by Gasteiger charge is -2.16. The molecule has 0 spiro atoms. The van der Waals surface area contributed by atoms with E-state index in [0.717, 1.165) is 18.9 Å². The van der Waals surface area contributed by atoms with Crippen LogP contribution in [0, 0.1) is 11.7 Å². The van der Waals surface area contributed by atoms with Crippen molar-refractivity contribution in [2.45, 2.75) is 30.2 Å². The number of sulfonamides is 1. The van der Waals surface area contributed by atoms with Crippen LogP contribution in [0.2, 0.25) is 0 Å².